The highest BCUT2D eigenvalue weighted by molar-refractivity contribution is 9.10. The van der Waals surface area contributed by atoms with Crippen molar-refractivity contribution in [2.24, 2.45) is 5.73 Å². The van der Waals surface area contributed by atoms with Crippen LogP contribution >= 0.6 is 27.3 Å². The van der Waals surface area contributed by atoms with Crippen LogP contribution in [0.4, 0.5) is 0 Å². The lowest BCUT2D eigenvalue weighted by Gasteiger charge is -2.03. The highest BCUT2D eigenvalue weighted by Gasteiger charge is 2.08. The summed E-state index contributed by atoms with van der Waals surface area (Å²) in [4.78, 5) is 4.51. The van der Waals surface area contributed by atoms with Gasteiger partial charge in [0.25, 0.3) is 0 Å². The maximum Gasteiger partial charge on any atom is 0.0948 e. The Morgan fingerprint density at radius 1 is 1.35 bits per heavy atom. The first kappa shape index (κ1) is 12.7. The molecule has 0 fully saturated rings. The molecule has 0 spiro atoms. The quantitative estimate of drug-likeness (QED) is 0.911. The summed E-state index contributed by atoms with van der Waals surface area (Å²) in [5, 5.41) is 11.9. The highest BCUT2D eigenvalue weighted by atomic mass is 79.9. The molecule has 0 saturated heterocycles. The molecule has 0 bridgehead atoms. The topological polar surface area (TPSA) is 59.1 Å². The maximum atomic E-state index is 8.90. The number of nitrogens with two attached hydrogens (primary N) is 1. The standard InChI is InChI=1S/C12H13BrN2OS/c13-9-3-1-8(2-4-9)11-7-17-12(15-11)5-10(14)6-16/h1-4,7,10,16H,5-6,14H2. The minimum Gasteiger partial charge on any atom is -0.395 e. The molecule has 1 heterocycles. The van der Waals surface area contributed by atoms with Crippen LogP contribution in [0.5, 0.6) is 0 Å². The number of nitrogens with zero attached hydrogens (tertiary/aromatic N) is 1. The molecule has 0 amide bonds. The van der Waals surface area contributed by atoms with Gasteiger partial charge in [0, 0.05) is 27.9 Å². The molecule has 0 radical (unpaired) electrons. The fourth-order valence-corrected chi connectivity index (χ4v) is 2.61. The fourth-order valence-electron chi connectivity index (χ4n) is 1.45. The molecule has 3 nitrogen and oxygen atoms in total. The number of hydrogen-bond donors (Lipinski definition) is 2. The van der Waals surface area contributed by atoms with Crippen LogP contribution in [0.25, 0.3) is 11.3 Å². The third-order valence-corrected chi connectivity index (χ3v) is 3.76. The Morgan fingerprint density at radius 2 is 2.06 bits per heavy atom. The Morgan fingerprint density at radius 3 is 2.71 bits per heavy atom. The van der Waals surface area contributed by atoms with Crippen LogP contribution in [-0.2, 0) is 6.42 Å². The van der Waals surface area contributed by atoms with Crippen molar-refractivity contribution in [3.05, 3.63) is 39.1 Å². The summed E-state index contributed by atoms with van der Waals surface area (Å²) in [5.41, 5.74) is 7.74. The highest BCUT2D eigenvalue weighted by Crippen LogP contribution is 2.24. The van der Waals surface area contributed by atoms with Crippen LogP contribution in [0.2, 0.25) is 0 Å². The van der Waals surface area contributed by atoms with Crippen LogP contribution in [0.1, 0.15) is 5.01 Å². The van der Waals surface area contributed by atoms with Crippen LogP contribution in [0, 0.1) is 0 Å². The summed E-state index contributed by atoms with van der Waals surface area (Å²) in [6.07, 6.45) is 0.623. The lowest BCUT2D eigenvalue weighted by molar-refractivity contribution is 0.265. The summed E-state index contributed by atoms with van der Waals surface area (Å²) >= 11 is 4.98. The number of aliphatic hydroxyl groups excluding tert-OH is 1. The minimum absolute atomic E-state index is 0.00675. The van der Waals surface area contributed by atoms with Gasteiger partial charge in [-0.05, 0) is 12.1 Å². The van der Waals surface area contributed by atoms with Gasteiger partial charge in [0.05, 0.1) is 17.3 Å². The Kier molecular flexibility index (Phi) is 4.28. The normalized spacial score (nSPS) is 12.6. The monoisotopic (exact) mass is 312 g/mol. The van der Waals surface area contributed by atoms with E-state index in [2.05, 4.69) is 20.9 Å². The lowest BCUT2D eigenvalue weighted by atomic mass is 10.2. The van der Waals surface area contributed by atoms with E-state index in [0.29, 0.717) is 6.42 Å². The van der Waals surface area contributed by atoms with E-state index in [1.54, 1.807) is 11.3 Å². The van der Waals surface area contributed by atoms with Gasteiger partial charge in [-0.15, -0.1) is 11.3 Å². The molecule has 0 aliphatic carbocycles. The molecule has 1 unspecified atom stereocenters. The predicted octanol–water partition coefficient (Wildman–Crippen LogP) is 2.43. The summed E-state index contributed by atoms with van der Waals surface area (Å²) < 4.78 is 1.05. The fraction of sp³-hybridized carbons (Fsp3) is 0.250. The summed E-state index contributed by atoms with van der Waals surface area (Å²) in [5.74, 6) is 0. The molecular weight excluding hydrogens is 300 g/mol. The molecule has 1 aromatic heterocycles. The Bertz CT molecular complexity index is 484. The number of benzene rings is 1. The van der Waals surface area contributed by atoms with E-state index < -0.39 is 0 Å². The first-order chi connectivity index (χ1) is 8.19. The van der Waals surface area contributed by atoms with Crippen LogP contribution < -0.4 is 5.73 Å². The van der Waals surface area contributed by atoms with Crippen molar-refractivity contribution < 1.29 is 5.11 Å². The van der Waals surface area contributed by atoms with E-state index in [1.807, 2.05) is 29.6 Å². The van der Waals surface area contributed by atoms with Crippen molar-refractivity contribution in [1.82, 2.24) is 4.98 Å². The zero-order chi connectivity index (χ0) is 12.3. The second-order valence-electron chi connectivity index (χ2n) is 3.78. The van der Waals surface area contributed by atoms with Gasteiger partial charge in [-0.1, -0.05) is 28.1 Å². The first-order valence-electron chi connectivity index (χ1n) is 5.26. The molecule has 3 N–H and O–H groups in total. The molecule has 2 aromatic rings. The third kappa shape index (κ3) is 3.35. The van der Waals surface area contributed by atoms with Crippen molar-refractivity contribution in [2.45, 2.75) is 12.5 Å². The van der Waals surface area contributed by atoms with Crippen LogP contribution in [0.15, 0.2) is 34.1 Å². The number of aromatic nitrogens is 1. The molecule has 0 aliphatic rings. The van der Waals surface area contributed by atoms with Crippen molar-refractivity contribution >= 4 is 27.3 Å². The van der Waals surface area contributed by atoms with Crippen molar-refractivity contribution in [1.29, 1.82) is 0 Å². The van der Waals surface area contributed by atoms with Crippen LogP contribution in [-0.4, -0.2) is 22.7 Å². The lowest BCUT2D eigenvalue weighted by Crippen LogP contribution is -2.26. The molecule has 1 aromatic carbocycles. The molecule has 90 valence electrons. The van der Waals surface area contributed by atoms with E-state index in [-0.39, 0.29) is 12.6 Å². The second-order valence-corrected chi connectivity index (χ2v) is 5.64. The number of thiazole rings is 1. The Hall–Kier alpha value is -0.750. The van der Waals surface area contributed by atoms with Gasteiger partial charge in [-0.3, -0.25) is 0 Å². The van der Waals surface area contributed by atoms with Crippen molar-refractivity contribution in [3.8, 4) is 11.3 Å². The van der Waals surface area contributed by atoms with Crippen LogP contribution in [0.3, 0.4) is 0 Å². The average Bonchev–Trinajstić information content (AvgIpc) is 2.78. The molecule has 5 heteroatoms. The van der Waals surface area contributed by atoms with Gasteiger partial charge >= 0.3 is 0 Å². The zero-order valence-corrected chi connectivity index (χ0v) is 11.5. The van der Waals surface area contributed by atoms with Gasteiger partial charge in [0.2, 0.25) is 0 Å². The summed E-state index contributed by atoms with van der Waals surface area (Å²) in [6.45, 7) is -0.00675. The molecule has 0 aliphatic heterocycles. The van der Waals surface area contributed by atoms with E-state index >= 15 is 0 Å². The third-order valence-electron chi connectivity index (χ3n) is 2.36. The van der Waals surface area contributed by atoms with Gasteiger partial charge in [0.1, 0.15) is 0 Å². The Labute approximate surface area is 112 Å². The summed E-state index contributed by atoms with van der Waals surface area (Å²) in [6, 6.07) is 7.81. The van der Waals surface area contributed by atoms with Crippen molar-refractivity contribution in [3.63, 3.8) is 0 Å². The number of rotatable bonds is 4. The largest absolute Gasteiger partial charge is 0.395 e. The van der Waals surface area contributed by atoms with E-state index in [4.69, 9.17) is 10.8 Å². The summed E-state index contributed by atoms with van der Waals surface area (Å²) in [7, 11) is 0. The number of aliphatic hydroxyl groups is 1. The molecule has 2 rings (SSSR count). The smallest absolute Gasteiger partial charge is 0.0948 e. The Balaban J connectivity index is 2.15. The molecule has 0 saturated carbocycles. The molecule has 17 heavy (non-hydrogen) atoms. The average molecular weight is 313 g/mol. The number of hydrogen-bond acceptors (Lipinski definition) is 4. The van der Waals surface area contributed by atoms with Gasteiger partial charge in [-0.25, -0.2) is 4.98 Å². The SMILES string of the molecule is NC(CO)Cc1nc(-c2ccc(Br)cc2)cs1. The first-order valence-corrected chi connectivity index (χ1v) is 6.93. The van der Waals surface area contributed by atoms with Gasteiger partial charge in [-0.2, -0.15) is 0 Å². The van der Waals surface area contributed by atoms with Gasteiger partial charge in [0.15, 0.2) is 0 Å². The minimum atomic E-state index is -0.223. The predicted molar refractivity (Wildman–Crippen MR) is 74.0 cm³/mol. The van der Waals surface area contributed by atoms with Crippen molar-refractivity contribution in [2.75, 3.05) is 6.61 Å². The zero-order valence-electron chi connectivity index (χ0n) is 9.14. The molecule has 1 atom stereocenters. The van der Waals surface area contributed by atoms with E-state index in [1.165, 1.54) is 0 Å². The number of halogens is 1. The van der Waals surface area contributed by atoms with E-state index in [0.717, 1.165) is 20.7 Å². The van der Waals surface area contributed by atoms with E-state index in [9.17, 15) is 0 Å². The van der Waals surface area contributed by atoms with Gasteiger partial charge < -0.3 is 10.8 Å². The second kappa shape index (κ2) is 5.73. The maximum absolute atomic E-state index is 8.90. The molecular formula is C12H13BrN2OS.